The Morgan fingerprint density at radius 2 is 1.09 bits per heavy atom. The molecule has 4 nitrogen and oxygen atoms in total. The molecule has 32 heavy (non-hydrogen) atoms. The van der Waals surface area contributed by atoms with Crippen molar-refractivity contribution in [1.29, 1.82) is 0 Å². The van der Waals surface area contributed by atoms with Crippen LogP contribution in [0.1, 0.15) is 140 Å². The fourth-order valence-electron chi connectivity index (χ4n) is 4.51. The number of unbranched alkanes of at least 4 members (excludes halogenated alkanes) is 18. The summed E-state index contributed by atoms with van der Waals surface area (Å²) in [5, 5.41) is 8.08. The molecule has 1 aromatic carbocycles. The van der Waals surface area contributed by atoms with Crippen molar-refractivity contribution in [3.63, 3.8) is 0 Å². The molecule has 0 spiro atoms. The van der Waals surface area contributed by atoms with Gasteiger partial charge in [0.2, 0.25) is 5.91 Å². The average molecular weight is 442 g/mol. The zero-order chi connectivity index (χ0) is 22.7. The number of fused-ring (bicyclic) bond motifs is 1. The minimum absolute atomic E-state index is 0.0608. The molecule has 0 radical (unpaired) electrons. The highest BCUT2D eigenvalue weighted by Gasteiger charge is 2.10. The third-order valence-electron chi connectivity index (χ3n) is 6.58. The molecule has 4 heteroatoms. The number of hydrogen-bond donors (Lipinski definition) is 0. The Labute approximate surface area is 196 Å². The van der Waals surface area contributed by atoms with Gasteiger partial charge in [0.25, 0.3) is 0 Å². The number of para-hydroxylation sites is 1. The second-order valence-corrected chi connectivity index (χ2v) is 9.50. The van der Waals surface area contributed by atoms with Crippen molar-refractivity contribution in [3.8, 4) is 0 Å². The SMILES string of the molecule is CCCCCCCCCCCCCCCCCCCCCC(=O)n1nnc2ccccc21. The fourth-order valence-corrected chi connectivity index (χ4v) is 4.51. The van der Waals surface area contributed by atoms with Gasteiger partial charge in [0.15, 0.2) is 0 Å². The van der Waals surface area contributed by atoms with Gasteiger partial charge in [-0.25, -0.2) is 0 Å². The van der Waals surface area contributed by atoms with E-state index in [0.29, 0.717) is 6.42 Å². The maximum atomic E-state index is 12.4. The zero-order valence-electron chi connectivity index (χ0n) is 20.7. The van der Waals surface area contributed by atoms with E-state index in [1.165, 1.54) is 114 Å². The molecule has 2 rings (SSSR count). The molecular weight excluding hydrogens is 394 g/mol. The summed E-state index contributed by atoms with van der Waals surface area (Å²) in [4.78, 5) is 12.4. The first-order valence-electron chi connectivity index (χ1n) is 13.7. The molecule has 0 N–H and O–H groups in total. The summed E-state index contributed by atoms with van der Waals surface area (Å²) in [5.74, 6) is 0.0608. The van der Waals surface area contributed by atoms with Gasteiger partial charge in [0, 0.05) is 6.42 Å². The number of rotatable bonds is 20. The highest BCUT2D eigenvalue weighted by molar-refractivity contribution is 5.88. The fraction of sp³-hybridized carbons (Fsp3) is 0.750. The summed E-state index contributed by atoms with van der Waals surface area (Å²) in [6.07, 6.45) is 26.5. The zero-order valence-corrected chi connectivity index (χ0v) is 20.7. The quantitative estimate of drug-likeness (QED) is 0.193. The van der Waals surface area contributed by atoms with Gasteiger partial charge in [-0.3, -0.25) is 4.79 Å². The van der Waals surface area contributed by atoms with Crippen LogP contribution in [0.25, 0.3) is 11.0 Å². The standard InChI is InChI=1S/C28H47N3O/c1-2-3-4-5-6-7-8-9-10-11-12-13-14-15-16-17-18-19-20-25-28(32)31-27-24-22-21-23-26(27)29-30-31/h21-24H,2-20,25H2,1H3. The van der Waals surface area contributed by atoms with Crippen molar-refractivity contribution in [3.05, 3.63) is 24.3 Å². The molecule has 0 unspecified atom stereocenters. The van der Waals surface area contributed by atoms with E-state index < -0.39 is 0 Å². The number of hydrogen-bond acceptors (Lipinski definition) is 3. The maximum absolute atomic E-state index is 12.4. The largest absolute Gasteiger partial charge is 0.273 e. The molecule has 0 aliphatic heterocycles. The molecule has 0 amide bonds. The van der Waals surface area contributed by atoms with Gasteiger partial charge in [0.1, 0.15) is 5.52 Å². The number of benzene rings is 1. The first-order valence-corrected chi connectivity index (χ1v) is 13.7. The Bertz CT molecular complexity index is 724. The van der Waals surface area contributed by atoms with E-state index in [2.05, 4.69) is 17.2 Å². The first kappa shape index (κ1) is 26.5. The van der Waals surface area contributed by atoms with Gasteiger partial charge < -0.3 is 0 Å². The van der Waals surface area contributed by atoms with Crippen LogP contribution in [0.4, 0.5) is 0 Å². The predicted molar refractivity (Wildman–Crippen MR) is 136 cm³/mol. The van der Waals surface area contributed by atoms with Crippen molar-refractivity contribution in [2.75, 3.05) is 0 Å². The summed E-state index contributed by atoms with van der Waals surface area (Å²) in [6, 6.07) is 7.64. The van der Waals surface area contributed by atoms with Crippen LogP contribution in [0.2, 0.25) is 0 Å². The van der Waals surface area contributed by atoms with Gasteiger partial charge in [-0.2, -0.15) is 4.68 Å². The third kappa shape index (κ3) is 11.2. The molecule has 0 bridgehead atoms. The molecule has 0 aliphatic carbocycles. The van der Waals surface area contributed by atoms with Crippen LogP contribution in [0, 0.1) is 0 Å². The Morgan fingerprint density at radius 1 is 0.656 bits per heavy atom. The van der Waals surface area contributed by atoms with Gasteiger partial charge in [-0.1, -0.05) is 140 Å². The van der Waals surface area contributed by atoms with Gasteiger partial charge >= 0.3 is 0 Å². The lowest BCUT2D eigenvalue weighted by Gasteiger charge is -2.04. The molecule has 2 aromatic rings. The Balaban J connectivity index is 1.31. The molecule has 0 atom stereocenters. The Kier molecular flexibility index (Phi) is 14.8. The van der Waals surface area contributed by atoms with Crippen LogP contribution in [0.3, 0.4) is 0 Å². The first-order chi connectivity index (χ1) is 15.8. The van der Waals surface area contributed by atoms with E-state index in [0.717, 1.165) is 23.9 Å². The van der Waals surface area contributed by atoms with Crippen molar-refractivity contribution in [2.45, 2.75) is 135 Å². The van der Waals surface area contributed by atoms with Crippen LogP contribution in [-0.4, -0.2) is 20.9 Å². The van der Waals surface area contributed by atoms with Gasteiger partial charge in [-0.15, -0.1) is 5.10 Å². The number of aromatic nitrogens is 3. The summed E-state index contributed by atoms with van der Waals surface area (Å²) >= 11 is 0. The van der Waals surface area contributed by atoms with Crippen LogP contribution in [0.15, 0.2) is 24.3 Å². The summed E-state index contributed by atoms with van der Waals surface area (Å²) < 4.78 is 1.46. The summed E-state index contributed by atoms with van der Waals surface area (Å²) in [7, 11) is 0. The third-order valence-corrected chi connectivity index (χ3v) is 6.58. The topological polar surface area (TPSA) is 47.8 Å². The van der Waals surface area contributed by atoms with Gasteiger partial charge in [-0.05, 0) is 18.6 Å². The second-order valence-electron chi connectivity index (χ2n) is 9.50. The minimum atomic E-state index is 0.0608. The highest BCUT2D eigenvalue weighted by Crippen LogP contribution is 2.15. The number of carbonyl (C=O) groups is 1. The Morgan fingerprint density at radius 3 is 1.59 bits per heavy atom. The Hall–Kier alpha value is -1.71. The molecule has 180 valence electrons. The minimum Gasteiger partial charge on any atom is -0.273 e. The van der Waals surface area contributed by atoms with E-state index >= 15 is 0 Å². The lowest BCUT2D eigenvalue weighted by molar-refractivity contribution is 0.0886. The monoisotopic (exact) mass is 441 g/mol. The van der Waals surface area contributed by atoms with Crippen molar-refractivity contribution in [2.24, 2.45) is 0 Å². The van der Waals surface area contributed by atoms with Crippen LogP contribution < -0.4 is 0 Å². The summed E-state index contributed by atoms with van der Waals surface area (Å²) in [6.45, 7) is 2.29. The molecule has 1 aromatic heterocycles. The second kappa shape index (κ2) is 17.8. The smallest absolute Gasteiger partial charge is 0.248 e. The molecule has 1 heterocycles. The predicted octanol–water partition coefficient (Wildman–Crippen LogP) is 8.89. The number of nitrogens with zero attached hydrogens (tertiary/aromatic N) is 3. The van der Waals surface area contributed by atoms with Crippen LogP contribution in [0.5, 0.6) is 0 Å². The average Bonchev–Trinajstić information content (AvgIpc) is 3.25. The highest BCUT2D eigenvalue weighted by atomic mass is 16.2. The van der Waals surface area contributed by atoms with Crippen molar-refractivity contribution >= 4 is 16.9 Å². The molecule has 0 saturated carbocycles. The van der Waals surface area contributed by atoms with E-state index in [-0.39, 0.29) is 5.91 Å². The summed E-state index contributed by atoms with van der Waals surface area (Å²) in [5.41, 5.74) is 1.60. The maximum Gasteiger partial charge on any atom is 0.248 e. The molecular formula is C28H47N3O. The van der Waals surface area contributed by atoms with E-state index in [9.17, 15) is 4.79 Å². The van der Waals surface area contributed by atoms with Crippen LogP contribution in [-0.2, 0) is 0 Å². The van der Waals surface area contributed by atoms with E-state index in [4.69, 9.17) is 0 Å². The number of carbonyl (C=O) groups excluding carboxylic acids is 1. The molecule has 0 aliphatic rings. The van der Waals surface area contributed by atoms with E-state index in [1.807, 2.05) is 24.3 Å². The normalized spacial score (nSPS) is 11.4. The van der Waals surface area contributed by atoms with Gasteiger partial charge in [0.05, 0.1) is 5.52 Å². The lowest BCUT2D eigenvalue weighted by atomic mass is 10.0. The van der Waals surface area contributed by atoms with E-state index in [1.54, 1.807) is 0 Å². The molecule has 0 fully saturated rings. The molecule has 0 saturated heterocycles. The van der Waals surface area contributed by atoms with Crippen molar-refractivity contribution < 1.29 is 4.79 Å². The lowest BCUT2D eigenvalue weighted by Crippen LogP contribution is -2.12. The van der Waals surface area contributed by atoms with Crippen molar-refractivity contribution in [1.82, 2.24) is 15.0 Å². The van der Waals surface area contributed by atoms with Crippen LogP contribution >= 0.6 is 0 Å².